The summed E-state index contributed by atoms with van der Waals surface area (Å²) in [6, 6.07) is 30.4. The average Bonchev–Trinajstić information content (AvgIpc) is 0.670. The van der Waals surface area contributed by atoms with Gasteiger partial charge in [-0.05, 0) is 66.8 Å². The van der Waals surface area contributed by atoms with Crippen molar-refractivity contribution in [1.29, 1.82) is 0 Å². The molecule has 2 amide bonds. The van der Waals surface area contributed by atoms with Crippen molar-refractivity contribution >= 4 is 53.4 Å². The maximum atomic E-state index is 16.0. The van der Waals surface area contributed by atoms with Crippen LogP contribution in [0.3, 0.4) is 0 Å². The summed E-state index contributed by atoms with van der Waals surface area (Å²) in [7, 11) is 0. The van der Waals surface area contributed by atoms with Crippen LogP contribution in [0.5, 0.6) is 0 Å². The number of esters is 6. The Morgan fingerprint density at radius 3 is 1.76 bits per heavy atom. The molecule has 2 bridgehead atoms. The fraction of sp³-hybridized carbons (Fsp3) is 0.539. The molecule has 4 aromatic carbocycles. The van der Waals surface area contributed by atoms with Crippen LogP contribution in [0.15, 0.2) is 132 Å². The standard InChI is InChI=1S/C76H96N2O18/c1-8-9-10-11-12-13-14-15-16-17-18-19-20-33-42-56(71(87)90-47-52-34-25-21-26-35-52)77-60(82)43-44-61(83)94-65(63(53-36-27-22-28-37-53)78-69(85)54-38-29-23-30-39-54)72(88)93-57-46-76(89)68(95-70(86)55-40-31-24-32-41-55)66-74(7,58(81)45-59-75(66,48-91-59)96-51(4)80)67(84)64(92-50(3)79)62(49(57)2)73(76,5)6/h21-32,34-41,56-59,63-66,68,81,89H,8-20,33,42-48H2,1-7H3,(H,77,82)(H,78,85)/t56?,57-,58-,59+,63-,64+,65+,66?,68-,74+,75-,76+/m0/s1. The quantitative estimate of drug-likeness (QED) is 0.0149. The number of carbonyl (C=O) groups excluding carboxylic acids is 9. The molecule has 3 fully saturated rings. The minimum atomic E-state index is -2.54. The fourth-order valence-corrected chi connectivity index (χ4v) is 14.6. The van der Waals surface area contributed by atoms with Crippen molar-refractivity contribution in [3.05, 3.63) is 155 Å². The van der Waals surface area contributed by atoms with Crippen LogP contribution < -0.4 is 10.6 Å². The van der Waals surface area contributed by atoms with Crippen molar-refractivity contribution in [2.75, 3.05) is 6.61 Å². The maximum absolute atomic E-state index is 16.0. The van der Waals surface area contributed by atoms with Gasteiger partial charge in [0.25, 0.3) is 5.91 Å². The van der Waals surface area contributed by atoms with Gasteiger partial charge in [-0.3, -0.25) is 28.8 Å². The summed E-state index contributed by atoms with van der Waals surface area (Å²) < 4.78 is 43.0. The Morgan fingerprint density at radius 1 is 0.656 bits per heavy atom. The second kappa shape index (κ2) is 33.7. The molecule has 8 rings (SSSR count). The molecule has 0 aromatic heterocycles. The minimum Gasteiger partial charge on any atom is -0.459 e. The molecule has 12 atom stereocenters. The number of hydrogen-bond donors (Lipinski definition) is 4. The molecular weight excluding hydrogens is 1230 g/mol. The van der Waals surface area contributed by atoms with Gasteiger partial charge in [-0.2, -0.15) is 0 Å². The van der Waals surface area contributed by atoms with Crippen LogP contribution in [0.4, 0.5) is 0 Å². The second-order valence-corrected chi connectivity index (χ2v) is 26.9. The summed E-state index contributed by atoms with van der Waals surface area (Å²) >= 11 is 0. The van der Waals surface area contributed by atoms with E-state index in [1.54, 1.807) is 66.7 Å². The van der Waals surface area contributed by atoms with E-state index in [0.717, 1.165) is 45.1 Å². The molecule has 2 saturated carbocycles. The number of Topliss-reactive ketones (excluding diaryl/α,β-unsaturated/α-hetero) is 1. The number of ether oxygens (including phenoxy) is 7. The third kappa shape index (κ3) is 17.4. The fourth-order valence-electron chi connectivity index (χ4n) is 14.6. The maximum Gasteiger partial charge on any atom is 0.350 e. The van der Waals surface area contributed by atoms with Gasteiger partial charge >= 0.3 is 35.8 Å². The number of benzene rings is 4. The highest BCUT2D eigenvalue weighted by Gasteiger charge is 2.78. The highest BCUT2D eigenvalue weighted by atomic mass is 16.6. The molecule has 3 aliphatic carbocycles. The number of fused-ring (bicyclic) bond motifs is 5. The summed E-state index contributed by atoms with van der Waals surface area (Å²) in [5, 5.41) is 32.2. The molecule has 1 aliphatic heterocycles. The number of unbranched alkanes of at least 4 members (excludes halogenated alkanes) is 13. The van der Waals surface area contributed by atoms with Gasteiger partial charge in [-0.1, -0.05) is 208 Å². The first-order valence-corrected chi connectivity index (χ1v) is 34.2. The summed E-state index contributed by atoms with van der Waals surface area (Å²) in [6.07, 6.45) is 3.69. The van der Waals surface area contributed by atoms with Gasteiger partial charge in [0.1, 0.15) is 42.6 Å². The lowest BCUT2D eigenvalue weighted by Gasteiger charge is -2.67. The number of ketones is 1. The van der Waals surface area contributed by atoms with Gasteiger partial charge in [0.15, 0.2) is 17.5 Å². The average molecular weight is 1330 g/mol. The highest BCUT2D eigenvalue weighted by Crippen LogP contribution is 2.64. The van der Waals surface area contributed by atoms with Gasteiger partial charge in [-0.25, -0.2) is 14.4 Å². The van der Waals surface area contributed by atoms with Crippen LogP contribution >= 0.6 is 0 Å². The second-order valence-electron chi connectivity index (χ2n) is 26.9. The smallest absolute Gasteiger partial charge is 0.350 e. The van der Waals surface area contributed by atoms with E-state index in [1.165, 1.54) is 110 Å². The molecule has 96 heavy (non-hydrogen) atoms. The SMILES string of the molecule is CCCCCCCCCCCCCCCCC(NC(=O)CCC(=O)O[C@@H](C(=O)O[C@H]1C[C@@]2(O)[C@@H](OC(=O)c3ccccc3)C3[C@](C)(C(=O)[C@H](OC(C)=O)C(=C1C)C2(C)C)[C@@H](O)C[C@H]1OC[C@@]31OC(C)=O)[C@@H](NC(=O)c1ccccc1)c1ccccc1)C(=O)OCc1ccccc1. The first-order valence-electron chi connectivity index (χ1n) is 34.2. The third-order valence-electron chi connectivity index (χ3n) is 20.0. The van der Waals surface area contributed by atoms with Crippen LogP contribution in [0.25, 0.3) is 0 Å². The largest absolute Gasteiger partial charge is 0.459 e. The van der Waals surface area contributed by atoms with Crippen molar-refractivity contribution < 1.29 is 86.5 Å². The van der Waals surface area contributed by atoms with Crippen LogP contribution in [0.2, 0.25) is 0 Å². The van der Waals surface area contributed by atoms with Crippen molar-refractivity contribution in [2.24, 2.45) is 16.7 Å². The van der Waals surface area contributed by atoms with Crippen molar-refractivity contribution in [1.82, 2.24) is 10.6 Å². The summed E-state index contributed by atoms with van der Waals surface area (Å²) in [4.78, 5) is 130. The molecular formula is C76H96N2O18. The van der Waals surface area contributed by atoms with Gasteiger partial charge in [-0.15, -0.1) is 0 Å². The Labute approximate surface area is 563 Å². The molecule has 0 radical (unpaired) electrons. The lowest BCUT2D eigenvalue weighted by atomic mass is 9.44. The molecule has 20 nitrogen and oxygen atoms in total. The Kier molecular flexibility index (Phi) is 25.9. The van der Waals surface area contributed by atoms with E-state index in [-0.39, 0.29) is 53.9 Å². The molecule has 1 saturated heterocycles. The molecule has 2 unspecified atom stereocenters. The van der Waals surface area contributed by atoms with E-state index < -0.39 is 149 Å². The predicted molar refractivity (Wildman–Crippen MR) is 354 cm³/mol. The summed E-state index contributed by atoms with van der Waals surface area (Å²) in [5.74, 6) is -9.78. The highest BCUT2D eigenvalue weighted by molar-refractivity contribution is 5.97. The molecule has 20 heteroatoms. The van der Waals surface area contributed by atoms with Gasteiger partial charge < -0.3 is 54.0 Å². The lowest BCUT2D eigenvalue weighted by Crippen LogP contribution is -2.82. The van der Waals surface area contributed by atoms with Crippen LogP contribution in [0.1, 0.15) is 208 Å². The van der Waals surface area contributed by atoms with Crippen LogP contribution in [-0.2, 0) is 73.3 Å². The lowest BCUT2D eigenvalue weighted by molar-refractivity contribution is -0.346. The van der Waals surface area contributed by atoms with Gasteiger partial charge in [0, 0.05) is 44.1 Å². The van der Waals surface area contributed by atoms with E-state index in [0.29, 0.717) is 6.42 Å². The predicted octanol–water partition coefficient (Wildman–Crippen LogP) is 11.2. The minimum absolute atomic E-state index is 0.0184. The van der Waals surface area contributed by atoms with E-state index in [2.05, 4.69) is 17.6 Å². The van der Waals surface area contributed by atoms with E-state index in [4.69, 9.17) is 33.2 Å². The molecule has 4 aliphatic rings. The Bertz CT molecular complexity index is 3360. The number of aliphatic hydroxyl groups excluding tert-OH is 1. The summed E-state index contributed by atoms with van der Waals surface area (Å²) in [6.45, 7) is 9.96. The van der Waals surface area contributed by atoms with E-state index in [9.17, 15) is 43.8 Å². The van der Waals surface area contributed by atoms with Crippen LogP contribution in [0, 0.1) is 16.7 Å². The number of amides is 2. The summed E-state index contributed by atoms with van der Waals surface area (Å²) in [5.41, 5.74) is -7.16. The zero-order valence-corrected chi connectivity index (χ0v) is 56.5. The molecule has 0 spiro atoms. The monoisotopic (exact) mass is 1320 g/mol. The van der Waals surface area contributed by atoms with Gasteiger partial charge in [0.2, 0.25) is 12.0 Å². The first-order chi connectivity index (χ1) is 46.0. The van der Waals surface area contributed by atoms with Crippen molar-refractivity contribution in [3.63, 3.8) is 0 Å². The number of hydrogen-bond acceptors (Lipinski definition) is 18. The number of carbonyl (C=O) groups is 9. The Balaban J connectivity index is 1.10. The molecule has 1 heterocycles. The molecule has 4 N–H and O–H groups in total. The number of nitrogens with one attached hydrogen (secondary N) is 2. The molecule has 518 valence electrons. The number of rotatable bonds is 33. The normalized spacial score (nSPS) is 24.9. The van der Waals surface area contributed by atoms with E-state index in [1.807, 2.05) is 30.3 Å². The van der Waals surface area contributed by atoms with Crippen molar-refractivity contribution in [3.8, 4) is 0 Å². The zero-order valence-electron chi connectivity index (χ0n) is 56.5. The van der Waals surface area contributed by atoms with Gasteiger partial charge in [0.05, 0.1) is 36.0 Å². The topological polar surface area (TPSA) is 283 Å². The van der Waals surface area contributed by atoms with E-state index >= 15 is 9.59 Å². The first kappa shape index (κ1) is 73.7. The third-order valence-corrected chi connectivity index (χ3v) is 20.0. The zero-order chi connectivity index (χ0) is 69.2. The Morgan fingerprint density at radius 2 is 1.21 bits per heavy atom. The number of aliphatic hydroxyl groups is 2. The van der Waals surface area contributed by atoms with Crippen molar-refractivity contribution in [2.45, 2.75) is 237 Å². The molecule has 4 aromatic rings. The Hall–Kier alpha value is -8.07. The van der Waals surface area contributed by atoms with Crippen LogP contribution in [-0.4, -0.2) is 124 Å².